The third kappa shape index (κ3) is 4.51. The summed E-state index contributed by atoms with van der Waals surface area (Å²) in [6.07, 6.45) is 1.24. The SMILES string of the molecule is O=BC=NC(CSc1ccccc1)C1CC(CO)C(=O)O1. The first-order valence-corrected chi connectivity index (χ1v) is 7.69. The van der Waals surface area contributed by atoms with Crippen LogP contribution in [0.25, 0.3) is 0 Å². The van der Waals surface area contributed by atoms with Crippen molar-refractivity contribution in [2.45, 2.75) is 23.5 Å². The first-order chi connectivity index (χ1) is 10.2. The number of nitrogens with zero attached hydrogens (tertiary/aromatic N) is 1. The van der Waals surface area contributed by atoms with Gasteiger partial charge in [-0.05, 0) is 0 Å². The summed E-state index contributed by atoms with van der Waals surface area (Å²) in [4.78, 5) is 16.8. The number of cyclic esters (lactones) is 1. The summed E-state index contributed by atoms with van der Waals surface area (Å²) in [6.45, 7) is -0.217. The fraction of sp³-hybridized carbons (Fsp3) is 0.429. The zero-order valence-corrected chi connectivity index (χ0v) is 12.2. The van der Waals surface area contributed by atoms with Gasteiger partial charge in [0.25, 0.3) is 0 Å². The van der Waals surface area contributed by atoms with Gasteiger partial charge in [0.15, 0.2) is 0 Å². The van der Waals surface area contributed by atoms with Gasteiger partial charge in [-0.25, -0.2) is 0 Å². The predicted octanol–water partition coefficient (Wildman–Crippen LogP) is 1.15. The van der Waals surface area contributed by atoms with Crippen LogP contribution in [-0.4, -0.2) is 48.8 Å². The standard InChI is InChI=1S/C14H16BNO4S/c17-7-10-6-13(20-14(10)18)12(16-9-15-19)8-21-11-4-2-1-3-5-11/h1-5,9-10,12-13,17H,6-8H2. The second-order valence-corrected chi connectivity index (χ2v) is 5.81. The Hall–Kier alpha value is -1.47. The second-order valence-electron chi connectivity index (χ2n) is 4.72. The van der Waals surface area contributed by atoms with E-state index in [1.807, 2.05) is 30.3 Å². The van der Waals surface area contributed by atoms with E-state index >= 15 is 0 Å². The molecule has 1 aliphatic heterocycles. The summed E-state index contributed by atoms with van der Waals surface area (Å²) < 4.78 is 15.7. The third-order valence-electron chi connectivity index (χ3n) is 3.27. The molecule has 0 radical (unpaired) electrons. The van der Waals surface area contributed by atoms with Gasteiger partial charge in [0.1, 0.15) is 0 Å². The molecule has 0 amide bonds. The molecular formula is C14H16BNO4S. The average Bonchev–Trinajstić information content (AvgIpc) is 2.89. The Morgan fingerprint density at radius 3 is 2.86 bits per heavy atom. The number of aliphatic hydroxyl groups excluding tert-OH is 1. The van der Waals surface area contributed by atoms with Gasteiger partial charge < -0.3 is 0 Å². The summed E-state index contributed by atoms with van der Waals surface area (Å²) in [5.74, 6) is -0.270. The van der Waals surface area contributed by atoms with E-state index in [4.69, 9.17) is 9.84 Å². The molecule has 1 N–H and O–H groups in total. The van der Waals surface area contributed by atoms with Gasteiger partial charge in [0.2, 0.25) is 0 Å². The molecule has 1 fully saturated rings. The Morgan fingerprint density at radius 2 is 2.24 bits per heavy atom. The normalized spacial score (nSPS) is 23.0. The molecule has 0 saturated carbocycles. The van der Waals surface area contributed by atoms with Gasteiger partial charge in [-0.2, -0.15) is 0 Å². The molecule has 1 heterocycles. The number of hydrogen-bond acceptors (Lipinski definition) is 6. The number of esters is 1. The number of carbonyl (C=O) groups is 1. The molecule has 0 aliphatic carbocycles. The number of aliphatic hydroxyl groups is 1. The monoisotopic (exact) mass is 305 g/mol. The summed E-state index contributed by atoms with van der Waals surface area (Å²) in [6, 6.07) is 9.52. The van der Waals surface area contributed by atoms with Gasteiger partial charge in [0, 0.05) is 0 Å². The zero-order valence-electron chi connectivity index (χ0n) is 11.4. The van der Waals surface area contributed by atoms with Crippen LogP contribution in [0.4, 0.5) is 0 Å². The van der Waals surface area contributed by atoms with Crippen molar-refractivity contribution in [2.75, 3.05) is 12.4 Å². The van der Waals surface area contributed by atoms with Crippen LogP contribution in [0.5, 0.6) is 0 Å². The van der Waals surface area contributed by atoms with E-state index in [2.05, 4.69) is 4.99 Å². The molecule has 1 aromatic carbocycles. The Labute approximate surface area is 128 Å². The van der Waals surface area contributed by atoms with Gasteiger partial charge in [0.05, 0.1) is 0 Å². The van der Waals surface area contributed by atoms with E-state index in [0.717, 1.165) is 4.90 Å². The molecule has 0 spiro atoms. The average molecular weight is 305 g/mol. The fourth-order valence-corrected chi connectivity index (χ4v) is 3.16. The molecule has 1 aromatic rings. The molecule has 2 rings (SSSR count). The van der Waals surface area contributed by atoms with Crippen molar-refractivity contribution in [1.82, 2.24) is 0 Å². The summed E-state index contributed by atoms with van der Waals surface area (Å²) in [7, 11) is 0.612. The minimum atomic E-state index is -0.481. The quantitative estimate of drug-likeness (QED) is 0.354. The minimum absolute atomic E-state index is 0.217. The molecule has 5 nitrogen and oxygen atoms in total. The molecule has 3 atom stereocenters. The van der Waals surface area contributed by atoms with Crippen LogP contribution in [0.3, 0.4) is 0 Å². The van der Waals surface area contributed by atoms with Gasteiger partial charge >= 0.3 is 127 Å². The summed E-state index contributed by atoms with van der Waals surface area (Å²) in [5.41, 5.74) is 0. The van der Waals surface area contributed by atoms with Crippen LogP contribution < -0.4 is 0 Å². The number of rotatable bonds is 7. The van der Waals surface area contributed by atoms with E-state index in [9.17, 15) is 9.50 Å². The van der Waals surface area contributed by atoms with Crippen molar-refractivity contribution in [3.63, 3.8) is 0 Å². The molecule has 1 saturated heterocycles. The molecule has 110 valence electrons. The van der Waals surface area contributed by atoms with E-state index in [1.54, 1.807) is 11.8 Å². The van der Waals surface area contributed by atoms with Crippen molar-refractivity contribution in [1.29, 1.82) is 0 Å². The van der Waals surface area contributed by atoms with Crippen LogP contribution in [0.15, 0.2) is 40.2 Å². The van der Waals surface area contributed by atoms with Gasteiger partial charge in [-0.3, -0.25) is 0 Å². The molecule has 7 heteroatoms. The zero-order chi connectivity index (χ0) is 15.1. The van der Waals surface area contributed by atoms with Gasteiger partial charge in [-0.1, -0.05) is 0 Å². The van der Waals surface area contributed by atoms with E-state index in [-0.39, 0.29) is 18.8 Å². The molecule has 0 bridgehead atoms. The van der Waals surface area contributed by atoms with E-state index in [0.29, 0.717) is 19.3 Å². The Balaban J connectivity index is 2.00. The topological polar surface area (TPSA) is 76.0 Å². The van der Waals surface area contributed by atoms with Crippen LogP contribution in [0, 0.1) is 5.92 Å². The second kappa shape index (κ2) is 8.09. The predicted molar refractivity (Wildman–Crippen MR) is 81.0 cm³/mol. The molecular weight excluding hydrogens is 289 g/mol. The van der Waals surface area contributed by atoms with Crippen LogP contribution in [0.1, 0.15) is 6.42 Å². The number of thioether (sulfide) groups is 1. The summed E-state index contributed by atoms with van der Waals surface area (Å²) >= 11 is 1.59. The molecule has 1 aliphatic rings. The molecule has 0 aromatic heterocycles. The Kier molecular flexibility index (Phi) is 6.13. The van der Waals surface area contributed by atoms with E-state index in [1.165, 1.54) is 6.11 Å². The Bertz CT molecular complexity index is 511. The third-order valence-corrected chi connectivity index (χ3v) is 4.38. The molecule has 3 unspecified atom stereocenters. The first kappa shape index (κ1) is 15.9. The van der Waals surface area contributed by atoms with Crippen molar-refractivity contribution in [2.24, 2.45) is 10.9 Å². The number of carbonyl (C=O) groups excluding carboxylic acids is 1. The van der Waals surface area contributed by atoms with Crippen LogP contribution in [0.2, 0.25) is 0 Å². The number of benzene rings is 1. The Morgan fingerprint density at radius 1 is 1.48 bits per heavy atom. The van der Waals surface area contributed by atoms with Crippen molar-refractivity contribution in [3.05, 3.63) is 30.3 Å². The summed E-state index contributed by atoms with van der Waals surface area (Å²) in [5, 5.41) is 9.12. The number of hydrogen-bond donors (Lipinski definition) is 1. The van der Waals surface area contributed by atoms with Gasteiger partial charge in [-0.15, -0.1) is 0 Å². The van der Waals surface area contributed by atoms with Crippen molar-refractivity contribution in [3.8, 4) is 0 Å². The van der Waals surface area contributed by atoms with Crippen molar-refractivity contribution >= 4 is 31.0 Å². The van der Waals surface area contributed by atoms with Crippen LogP contribution in [-0.2, 0) is 14.2 Å². The molecule has 21 heavy (non-hydrogen) atoms. The van der Waals surface area contributed by atoms with E-state index < -0.39 is 11.9 Å². The van der Waals surface area contributed by atoms with Crippen LogP contribution >= 0.6 is 11.8 Å². The number of aliphatic imine (C=N–C) groups is 1. The maximum atomic E-state index is 11.6. The first-order valence-electron chi connectivity index (χ1n) is 6.70. The fourth-order valence-electron chi connectivity index (χ4n) is 2.15. The maximum absolute atomic E-state index is 11.6. The van der Waals surface area contributed by atoms with Crippen molar-refractivity contribution < 1.29 is 19.3 Å². The number of ether oxygens (including phenoxy) is 1.